The summed E-state index contributed by atoms with van der Waals surface area (Å²) >= 11 is 0. The van der Waals surface area contributed by atoms with E-state index in [-0.39, 0.29) is 11.8 Å². The summed E-state index contributed by atoms with van der Waals surface area (Å²) in [6.45, 7) is 4.09. The molecule has 0 spiro atoms. The first-order valence-electron chi connectivity index (χ1n) is 4.17. The number of allylic oxidation sites excluding steroid dienone is 1. The molecule has 0 heterocycles. The molecule has 3 nitrogen and oxygen atoms in total. The minimum Gasteiger partial charge on any atom is -0.330 e. The molecule has 69 valence electrons. The van der Waals surface area contributed by atoms with Crippen molar-refractivity contribution in [3.63, 3.8) is 0 Å². The van der Waals surface area contributed by atoms with Crippen LogP contribution >= 0.6 is 0 Å². The Kier molecular flexibility index (Phi) is 6.61. The highest BCUT2D eigenvalue weighted by Crippen LogP contribution is 2.00. The van der Waals surface area contributed by atoms with Crippen LogP contribution in [0, 0.1) is 6.42 Å². The first kappa shape index (κ1) is 11.3. The lowest BCUT2D eigenvalue weighted by atomic mass is 10.0. The van der Waals surface area contributed by atoms with E-state index in [0.29, 0.717) is 13.0 Å². The average molecular weight is 169 g/mol. The van der Waals surface area contributed by atoms with Crippen molar-refractivity contribution in [2.24, 2.45) is 11.5 Å². The summed E-state index contributed by atoms with van der Waals surface area (Å²) in [5.41, 5.74) is 10.9. The van der Waals surface area contributed by atoms with Crippen molar-refractivity contribution < 1.29 is 4.79 Å². The zero-order valence-corrected chi connectivity index (χ0v) is 7.33. The second-order valence-corrected chi connectivity index (χ2v) is 2.70. The number of carbonyl (C=O) groups is 1. The van der Waals surface area contributed by atoms with Crippen LogP contribution in [0.3, 0.4) is 0 Å². The summed E-state index contributed by atoms with van der Waals surface area (Å²) in [4.78, 5) is 11.1. The Balaban J connectivity index is 3.49. The van der Waals surface area contributed by atoms with E-state index < -0.39 is 0 Å². The lowest BCUT2D eigenvalue weighted by Gasteiger charge is -2.07. The topological polar surface area (TPSA) is 69.1 Å². The molecule has 4 N–H and O–H groups in total. The zero-order valence-electron chi connectivity index (χ0n) is 7.33. The molecule has 0 saturated heterocycles. The van der Waals surface area contributed by atoms with Crippen molar-refractivity contribution in [1.29, 1.82) is 0 Å². The van der Waals surface area contributed by atoms with Crippen molar-refractivity contribution in [3.05, 3.63) is 19.1 Å². The first-order valence-corrected chi connectivity index (χ1v) is 4.17. The second-order valence-electron chi connectivity index (χ2n) is 2.70. The molecule has 3 heteroatoms. The summed E-state index contributed by atoms with van der Waals surface area (Å²) in [5, 5.41) is 0. The monoisotopic (exact) mass is 169 g/mol. The Morgan fingerprint density at radius 3 is 2.67 bits per heavy atom. The van der Waals surface area contributed by atoms with Gasteiger partial charge in [0.2, 0.25) is 0 Å². The molecule has 1 radical (unpaired) electrons. The summed E-state index contributed by atoms with van der Waals surface area (Å²) in [6, 6.07) is -0.380. The third-order valence-corrected chi connectivity index (χ3v) is 1.62. The van der Waals surface area contributed by atoms with E-state index in [0.717, 1.165) is 12.8 Å². The maximum atomic E-state index is 11.1. The van der Waals surface area contributed by atoms with E-state index in [1.165, 1.54) is 12.5 Å². The van der Waals surface area contributed by atoms with Gasteiger partial charge < -0.3 is 11.5 Å². The standard InChI is InChI=1S/C9H17N2O/c1-2-5-9(12)8(11)6-3-4-7-10/h2,5,8H,1,3-4,6-7,10-11H2/t8-/m0/s1. The predicted octanol–water partition coefficient (Wildman–Crippen LogP) is 0.402. The minimum absolute atomic E-state index is 0.0537. The summed E-state index contributed by atoms with van der Waals surface area (Å²) in [5.74, 6) is -0.0537. The minimum atomic E-state index is -0.380. The Labute approximate surface area is 73.8 Å². The van der Waals surface area contributed by atoms with Crippen LogP contribution in [0.5, 0.6) is 0 Å². The van der Waals surface area contributed by atoms with Gasteiger partial charge in [-0.1, -0.05) is 12.5 Å². The molecule has 0 unspecified atom stereocenters. The largest absolute Gasteiger partial charge is 0.330 e. The van der Waals surface area contributed by atoms with E-state index in [4.69, 9.17) is 11.5 Å². The van der Waals surface area contributed by atoms with Gasteiger partial charge in [0.05, 0.1) is 12.5 Å². The molecular formula is C9H17N2O. The number of nitrogens with two attached hydrogens (primary N) is 2. The first-order chi connectivity index (χ1) is 5.72. The number of carbonyl (C=O) groups excluding carboxylic acids is 1. The van der Waals surface area contributed by atoms with Crippen LogP contribution < -0.4 is 11.5 Å². The second kappa shape index (κ2) is 7.00. The van der Waals surface area contributed by atoms with Gasteiger partial charge in [-0.05, 0) is 19.4 Å². The molecule has 0 fully saturated rings. The molecule has 12 heavy (non-hydrogen) atoms. The van der Waals surface area contributed by atoms with Crippen molar-refractivity contribution in [2.45, 2.75) is 25.3 Å². The highest BCUT2D eigenvalue weighted by atomic mass is 16.1. The van der Waals surface area contributed by atoms with E-state index in [1.54, 1.807) is 0 Å². The number of hydrogen-bond acceptors (Lipinski definition) is 3. The van der Waals surface area contributed by atoms with E-state index in [1.807, 2.05) is 0 Å². The molecule has 0 aromatic rings. The van der Waals surface area contributed by atoms with E-state index in [9.17, 15) is 4.79 Å². The molecular weight excluding hydrogens is 152 g/mol. The highest BCUT2D eigenvalue weighted by Gasteiger charge is 2.10. The third-order valence-electron chi connectivity index (χ3n) is 1.62. The number of rotatable bonds is 7. The van der Waals surface area contributed by atoms with Gasteiger partial charge in [0.15, 0.2) is 5.78 Å². The van der Waals surface area contributed by atoms with Gasteiger partial charge in [-0.15, -0.1) is 6.58 Å². The fourth-order valence-electron chi connectivity index (χ4n) is 0.891. The summed E-state index contributed by atoms with van der Waals surface area (Å²) in [7, 11) is 0. The van der Waals surface area contributed by atoms with Crippen molar-refractivity contribution in [1.82, 2.24) is 0 Å². The Morgan fingerprint density at radius 2 is 2.17 bits per heavy atom. The van der Waals surface area contributed by atoms with Gasteiger partial charge in [0, 0.05) is 0 Å². The smallest absolute Gasteiger partial charge is 0.157 e. The summed E-state index contributed by atoms with van der Waals surface area (Å²) < 4.78 is 0. The Bertz CT molecular complexity index is 145. The van der Waals surface area contributed by atoms with E-state index in [2.05, 4.69) is 6.58 Å². The van der Waals surface area contributed by atoms with Crippen molar-refractivity contribution >= 4 is 5.78 Å². The number of ketones is 1. The van der Waals surface area contributed by atoms with Gasteiger partial charge in [-0.2, -0.15) is 0 Å². The molecule has 0 aliphatic carbocycles. The molecule has 0 aliphatic heterocycles. The third kappa shape index (κ3) is 5.04. The molecule has 0 rings (SSSR count). The molecule has 0 amide bonds. The normalized spacial score (nSPS) is 12.5. The van der Waals surface area contributed by atoms with Crippen molar-refractivity contribution in [3.8, 4) is 0 Å². The predicted molar refractivity (Wildman–Crippen MR) is 50.4 cm³/mol. The number of hydrogen-bond donors (Lipinski definition) is 2. The number of unbranched alkanes of at least 4 members (excludes halogenated alkanes) is 1. The highest BCUT2D eigenvalue weighted by molar-refractivity contribution is 5.93. The van der Waals surface area contributed by atoms with Crippen LogP contribution in [0.25, 0.3) is 0 Å². The van der Waals surface area contributed by atoms with E-state index >= 15 is 0 Å². The molecule has 1 atom stereocenters. The van der Waals surface area contributed by atoms with Crippen LogP contribution in [0.2, 0.25) is 0 Å². The molecule has 0 aromatic heterocycles. The van der Waals surface area contributed by atoms with Crippen molar-refractivity contribution in [2.75, 3.05) is 6.54 Å². The summed E-state index contributed by atoms with van der Waals surface area (Å²) in [6.07, 6.45) is 5.42. The molecule has 0 saturated carbocycles. The quantitative estimate of drug-likeness (QED) is 0.542. The van der Waals surface area contributed by atoms with Crippen LogP contribution in [-0.2, 0) is 4.79 Å². The van der Waals surface area contributed by atoms with Crippen LogP contribution in [0.1, 0.15) is 19.3 Å². The maximum absolute atomic E-state index is 11.1. The van der Waals surface area contributed by atoms with Gasteiger partial charge in [-0.3, -0.25) is 4.79 Å². The van der Waals surface area contributed by atoms with Gasteiger partial charge in [-0.25, -0.2) is 0 Å². The van der Waals surface area contributed by atoms with Crippen LogP contribution in [0.4, 0.5) is 0 Å². The fraction of sp³-hybridized carbons (Fsp3) is 0.556. The molecule has 0 aromatic carbocycles. The van der Waals surface area contributed by atoms with Crippen LogP contribution in [-0.4, -0.2) is 18.4 Å². The molecule has 0 aliphatic rings. The SMILES string of the molecule is C=C[CH]C(=O)[C@@H](N)CCCCN. The Hall–Kier alpha value is -0.670. The maximum Gasteiger partial charge on any atom is 0.157 e. The van der Waals surface area contributed by atoms with Gasteiger partial charge in [0.25, 0.3) is 0 Å². The zero-order chi connectivity index (χ0) is 9.40. The average Bonchev–Trinajstić information content (AvgIpc) is 2.05. The van der Waals surface area contributed by atoms with Gasteiger partial charge in [0.1, 0.15) is 0 Å². The lowest BCUT2D eigenvalue weighted by molar-refractivity contribution is -0.116. The van der Waals surface area contributed by atoms with Gasteiger partial charge >= 0.3 is 0 Å². The number of Topliss-reactive ketones (excluding diaryl/α,β-unsaturated/α-hetero) is 1. The lowest BCUT2D eigenvalue weighted by Crippen LogP contribution is -2.30. The fourth-order valence-corrected chi connectivity index (χ4v) is 0.891. The van der Waals surface area contributed by atoms with Crippen LogP contribution in [0.15, 0.2) is 12.7 Å². The molecule has 0 bridgehead atoms. The Morgan fingerprint density at radius 1 is 1.50 bits per heavy atom.